The first-order valence-corrected chi connectivity index (χ1v) is 9.67. The van der Waals surface area contributed by atoms with Crippen molar-refractivity contribution < 1.29 is 4.79 Å². The van der Waals surface area contributed by atoms with E-state index in [0.717, 1.165) is 46.3 Å². The number of fused-ring (bicyclic) bond motifs is 2. The molecular formula is C21H19N3OS. The van der Waals surface area contributed by atoms with E-state index >= 15 is 0 Å². The molecule has 0 fully saturated rings. The lowest BCUT2D eigenvalue weighted by molar-refractivity contribution is 0.100. The number of rotatable bonds is 4. The van der Waals surface area contributed by atoms with Crippen molar-refractivity contribution in [2.75, 3.05) is 0 Å². The summed E-state index contributed by atoms with van der Waals surface area (Å²) < 4.78 is 0. The SMILES string of the molecule is N#CC[C@H](c1ccccc1)c1c(C(N)=O)sc2nc3c(cc12)CCCC3. The van der Waals surface area contributed by atoms with Crippen LogP contribution in [0.3, 0.4) is 0 Å². The van der Waals surface area contributed by atoms with E-state index in [1.54, 1.807) is 0 Å². The van der Waals surface area contributed by atoms with E-state index in [-0.39, 0.29) is 5.92 Å². The molecular weight excluding hydrogens is 342 g/mol. The van der Waals surface area contributed by atoms with Gasteiger partial charge in [-0.1, -0.05) is 30.3 Å². The lowest BCUT2D eigenvalue weighted by atomic mass is 9.86. The molecule has 4 rings (SSSR count). The van der Waals surface area contributed by atoms with Gasteiger partial charge in [0.25, 0.3) is 5.91 Å². The molecule has 2 N–H and O–H groups in total. The number of aryl methyl sites for hydroxylation is 2. The third kappa shape index (κ3) is 2.87. The second kappa shape index (κ2) is 6.89. The number of nitrogens with zero attached hydrogens (tertiary/aromatic N) is 2. The molecule has 1 aromatic carbocycles. The van der Waals surface area contributed by atoms with Crippen molar-refractivity contribution in [2.45, 2.75) is 38.0 Å². The highest BCUT2D eigenvalue weighted by molar-refractivity contribution is 7.20. The molecule has 0 saturated heterocycles. The van der Waals surface area contributed by atoms with Gasteiger partial charge in [0.15, 0.2) is 0 Å². The number of hydrogen-bond donors (Lipinski definition) is 1. The normalized spacial score (nSPS) is 14.6. The van der Waals surface area contributed by atoms with Crippen LogP contribution in [-0.2, 0) is 12.8 Å². The van der Waals surface area contributed by atoms with E-state index in [2.05, 4.69) is 12.1 Å². The molecule has 1 atom stereocenters. The van der Waals surface area contributed by atoms with E-state index in [0.29, 0.717) is 11.3 Å². The minimum absolute atomic E-state index is 0.180. The predicted octanol–water partition coefficient (Wildman–Crippen LogP) is 4.32. The Kier molecular flexibility index (Phi) is 4.44. The highest BCUT2D eigenvalue weighted by Crippen LogP contribution is 2.41. The molecule has 0 bridgehead atoms. The third-order valence-electron chi connectivity index (χ3n) is 5.07. The number of carbonyl (C=O) groups is 1. The van der Waals surface area contributed by atoms with Crippen molar-refractivity contribution in [1.82, 2.24) is 4.98 Å². The molecule has 4 nitrogen and oxygen atoms in total. The Labute approximate surface area is 156 Å². The number of benzene rings is 1. The van der Waals surface area contributed by atoms with Gasteiger partial charge in [-0.15, -0.1) is 11.3 Å². The molecule has 130 valence electrons. The smallest absolute Gasteiger partial charge is 0.259 e. The number of thiophene rings is 1. The molecule has 2 heterocycles. The number of nitrogens with two attached hydrogens (primary N) is 1. The highest BCUT2D eigenvalue weighted by atomic mass is 32.1. The van der Waals surface area contributed by atoms with Crippen LogP contribution in [0.5, 0.6) is 0 Å². The van der Waals surface area contributed by atoms with E-state index in [4.69, 9.17) is 10.7 Å². The van der Waals surface area contributed by atoms with Crippen LogP contribution >= 0.6 is 11.3 Å². The molecule has 0 aliphatic heterocycles. The average molecular weight is 361 g/mol. The summed E-state index contributed by atoms with van der Waals surface area (Å²) in [5.74, 6) is -0.624. The molecule has 1 aliphatic rings. The number of hydrogen-bond acceptors (Lipinski definition) is 4. The summed E-state index contributed by atoms with van der Waals surface area (Å²) in [6.45, 7) is 0. The van der Waals surface area contributed by atoms with Crippen LogP contribution in [0.1, 0.15) is 57.2 Å². The minimum Gasteiger partial charge on any atom is -0.365 e. The zero-order chi connectivity index (χ0) is 18.1. The van der Waals surface area contributed by atoms with E-state index < -0.39 is 5.91 Å². The van der Waals surface area contributed by atoms with Gasteiger partial charge in [-0.2, -0.15) is 5.26 Å². The zero-order valence-corrected chi connectivity index (χ0v) is 15.2. The maximum absolute atomic E-state index is 12.2. The van der Waals surface area contributed by atoms with Gasteiger partial charge in [-0.25, -0.2) is 4.98 Å². The molecule has 1 amide bonds. The number of primary amides is 1. The Morgan fingerprint density at radius 2 is 2.04 bits per heavy atom. The summed E-state index contributed by atoms with van der Waals surface area (Å²) in [5, 5.41) is 10.4. The average Bonchev–Trinajstić information content (AvgIpc) is 3.03. The number of pyridine rings is 1. The van der Waals surface area contributed by atoms with Gasteiger partial charge in [-0.3, -0.25) is 4.79 Å². The van der Waals surface area contributed by atoms with E-state index in [1.807, 2.05) is 30.3 Å². The zero-order valence-electron chi connectivity index (χ0n) is 14.4. The fourth-order valence-corrected chi connectivity index (χ4v) is 4.94. The summed E-state index contributed by atoms with van der Waals surface area (Å²) in [4.78, 5) is 18.4. The van der Waals surface area contributed by atoms with Crippen LogP contribution in [0.15, 0.2) is 36.4 Å². The van der Waals surface area contributed by atoms with Gasteiger partial charge in [-0.05, 0) is 48.4 Å². The maximum Gasteiger partial charge on any atom is 0.259 e. The molecule has 2 aromatic heterocycles. The van der Waals surface area contributed by atoms with Gasteiger partial charge >= 0.3 is 0 Å². The van der Waals surface area contributed by atoms with E-state index in [1.165, 1.54) is 23.3 Å². The predicted molar refractivity (Wildman–Crippen MR) is 103 cm³/mol. The molecule has 0 radical (unpaired) electrons. The van der Waals surface area contributed by atoms with Crippen molar-refractivity contribution in [3.63, 3.8) is 0 Å². The van der Waals surface area contributed by atoms with Crippen molar-refractivity contribution in [2.24, 2.45) is 5.73 Å². The van der Waals surface area contributed by atoms with Gasteiger partial charge < -0.3 is 5.73 Å². The van der Waals surface area contributed by atoms with Crippen molar-refractivity contribution in [3.05, 3.63) is 63.7 Å². The second-order valence-corrected chi connectivity index (χ2v) is 7.69. The topological polar surface area (TPSA) is 79.8 Å². The Balaban J connectivity index is 1.98. The molecule has 0 saturated carbocycles. The first-order chi connectivity index (χ1) is 12.7. The van der Waals surface area contributed by atoms with Crippen molar-refractivity contribution in [1.29, 1.82) is 5.26 Å². The number of amides is 1. The first-order valence-electron chi connectivity index (χ1n) is 8.86. The monoisotopic (exact) mass is 361 g/mol. The lowest BCUT2D eigenvalue weighted by Gasteiger charge is -2.17. The van der Waals surface area contributed by atoms with Gasteiger partial charge in [0.1, 0.15) is 4.83 Å². The number of nitriles is 1. The van der Waals surface area contributed by atoms with Crippen LogP contribution in [0.4, 0.5) is 0 Å². The molecule has 0 unspecified atom stereocenters. The Morgan fingerprint density at radius 3 is 2.77 bits per heavy atom. The highest BCUT2D eigenvalue weighted by Gasteiger charge is 2.27. The van der Waals surface area contributed by atoms with Gasteiger partial charge in [0.2, 0.25) is 0 Å². The van der Waals surface area contributed by atoms with Crippen LogP contribution < -0.4 is 5.73 Å². The quantitative estimate of drug-likeness (QED) is 0.751. The fraction of sp³-hybridized carbons (Fsp3) is 0.286. The minimum atomic E-state index is -0.445. The largest absolute Gasteiger partial charge is 0.365 e. The van der Waals surface area contributed by atoms with Crippen molar-refractivity contribution in [3.8, 4) is 6.07 Å². The summed E-state index contributed by atoms with van der Waals surface area (Å²) in [6.07, 6.45) is 4.64. The fourth-order valence-electron chi connectivity index (χ4n) is 3.85. The lowest BCUT2D eigenvalue weighted by Crippen LogP contribution is -2.13. The second-order valence-electron chi connectivity index (χ2n) is 6.69. The molecule has 5 heteroatoms. The van der Waals surface area contributed by atoms with Crippen LogP contribution in [0.25, 0.3) is 10.2 Å². The summed E-state index contributed by atoms with van der Waals surface area (Å²) in [6, 6.07) is 14.3. The molecule has 26 heavy (non-hydrogen) atoms. The van der Waals surface area contributed by atoms with Crippen LogP contribution in [0.2, 0.25) is 0 Å². The number of aromatic nitrogens is 1. The van der Waals surface area contributed by atoms with Gasteiger partial charge in [0.05, 0.1) is 10.9 Å². The standard InChI is InChI=1S/C21H19N3OS/c22-11-10-15(13-6-2-1-3-7-13)18-16-12-14-8-4-5-9-17(14)24-21(16)26-19(18)20(23)25/h1-3,6-7,12,15H,4-5,8-10H2,(H2,23,25)/t15-/m1/s1. The first kappa shape index (κ1) is 16.7. The maximum atomic E-state index is 12.2. The van der Waals surface area contributed by atoms with Crippen LogP contribution in [-0.4, -0.2) is 10.9 Å². The molecule has 3 aromatic rings. The molecule has 1 aliphatic carbocycles. The summed E-state index contributed by atoms with van der Waals surface area (Å²) in [7, 11) is 0. The Morgan fingerprint density at radius 1 is 1.27 bits per heavy atom. The van der Waals surface area contributed by atoms with Gasteiger partial charge in [0, 0.05) is 23.4 Å². The molecule has 0 spiro atoms. The Hall–Kier alpha value is -2.71. The summed E-state index contributed by atoms with van der Waals surface area (Å²) >= 11 is 1.36. The van der Waals surface area contributed by atoms with Crippen LogP contribution in [0, 0.1) is 11.3 Å². The third-order valence-corrected chi connectivity index (χ3v) is 6.20. The van der Waals surface area contributed by atoms with E-state index in [9.17, 15) is 10.1 Å². The van der Waals surface area contributed by atoms with Crippen molar-refractivity contribution >= 4 is 27.5 Å². The summed E-state index contributed by atoms with van der Waals surface area (Å²) in [5.41, 5.74) is 10.0. The Bertz CT molecular complexity index is 1020. The number of carbonyl (C=O) groups excluding carboxylic acids is 1.